The van der Waals surface area contributed by atoms with Gasteiger partial charge in [0.2, 0.25) is 0 Å². The van der Waals surface area contributed by atoms with Gasteiger partial charge in [-0.1, -0.05) is 0 Å². The number of carbonyl (C=O) groups excluding carboxylic acids is 1. The van der Waals surface area contributed by atoms with Crippen LogP contribution in [0, 0.1) is 6.92 Å². The number of aromatic nitrogens is 3. The second-order valence-electron chi connectivity index (χ2n) is 8.66. The molecule has 1 atom stereocenters. The van der Waals surface area contributed by atoms with Gasteiger partial charge in [-0.05, 0) is 50.5 Å². The number of methoxy groups -OCH3 is 2. The number of hydrogen-bond donors (Lipinski definition) is 1. The molecule has 1 aliphatic heterocycles. The summed E-state index contributed by atoms with van der Waals surface area (Å²) in [4.78, 5) is 18.0. The van der Waals surface area contributed by atoms with E-state index in [0.717, 1.165) is 18.4 Å². The molecule has 0 radical (unpaired) electrons. The standard InChI is InChI=1S/C23H26N4O5S/c1-13-21-17(23(28)24-15-5-6-15)11-18(14-4-7-19(31-2)20(10-14)32-3)25-22(21)27(26-13)16-8-9-33(29,30)12-16/h4,7,10-11,15-16H,5-6,8-9,12H2,1-3H3,(H,24,28). The van der Waals surface area contributed by atoms with E-state index in [1.165, 1.54) is 0 Å². The maximum absolute atomic E-state index is 13.2. The lowest BCUT2D eigenvalue weighted by molar-refractivity contribution is 0.0952. The molecule has 2 fully saturated rings. The van der Waals surface area contributed by atoms with Gasteiger partial charge in [0.15, 0.2) is 27.0 Å². The number of nitrogens with zero attached hydrogens (tertiary/aromatic N) is 3. The number of aryl methyl sites for hydroxylation is 1. The Hall–Kier alpha value is -3.14. The third-order valence-electron chi connectivity index (χ3n) is 6.23. The van der Waals surface area contributed by atoms with Crippen LogP contribution in [0.15, 0.2) is 24.3 Å². The van der Waals surface area contributed by atoms with Gasteiger partial charge in [-0.2, -0.15) is 5.10 Å². The van der Waals surface area contributed by atoms with Crippen molar-refractivity contribution in [2.75, 3.05) is 25.7 Å². The highest BCUT2D eigenvalue weighted by molar-refractivity contribution is 7.91. The van der Waals surface area contributed by atoms with Crippen molar-refractivity contribution in [1.29, 1.82) is 0 Å². The van der Waals surface area contributed by atoms with Crippen LogP contribution in [0.4, 0.5) is 0 Å². The fourth-order valence-corrected chi connectivity index (χ4v) is 6.04. The normalized spacial score (nSPS) is 19.5. The van der Waals surface area contributed by atoms with Crippen molar-refractivity contribution in [2.24, 2.45) is 0 Å². The van der Waals surface area contributed by atoms with Gasteiger partial charge < -0.3 is 14.8 Å². The van der Waals surface area contributed by atoms with E-state index in [2.05, 4.69) is 10.4 Å². The first kappa shape index (κ1) is 21.7. The molecule has 1 saturated carbocycles. The van der Waals surface area contributed by atoms with Crippen LogP contribution >= 0.6 is 0 Å². The van der Waals surface area contributed by atoms with Gasteiger partial charge in [0.05, 0.1) is 54.1 Å². The topological polar surface area (TPSA) is 112 Å². The van der Waals surface area contributed by atoms with Gasteiger partial charge >= 0.3 is 0 Å². The van der Waals surface area contributed by atoms with Crippen molar-refractivity contribution in [3.8, 4) is 22.8 Å². The van der Waals surface area contributed by atoms with E-state index in [4.69, 9.17) is 14.5 Å². The van der Waals surface area contributed by atoms with Crippen molar-refractivity contribution in [3.05, 3.63) is 35.5 Å². The maximum Gasteiger partial charge on any atom is 0.252 e. The molecule has 0 spiro atoms. The number of fused-ring (bicyclic) bond motifs is 1. The van der Waals surface area contributed by atoms with Gasteiger partial charge in [0, 0.05) is 11.6 Å². The zero-order valence-electron chi connectivity index (χ0n) is 18.8. The summed E-state index contributed by atoms with van der Waals surface area (Å²) in [5.74, 6) is 1.12. The van der Waals surface area contributed by atoms with Crippen LogP contribution in [-0.4, -0.2) is 60.9 Å². The molecular formula is C23H26N4O5S. The minimum Gasteiger partial charge on any atom is -0.493 e. The molecule has 33 heavy (non-hydrogen) atoms. The number of carbonyl (C=O) groups is 1. The lowest BCUT2D eigenvalue weighted by Gasteiger charge is -2.13. The lowest BCUT2D eigenvalue weighted by atomic mass is 10.0. The molecule has 1 aliphatic carbocycles. The van der Waals surface area contributed by atoms with E-state index in [1.54, 1.807) is 31.0 Å². The molecule has 1 amide bonds. The SMILES string of the molecule is COc1ccc(-c2cc(C(=O)NC3CC3)c3c(C)nn(C4CCS(=O)(=O)C4)c3n2)cc1OC. The van der Waals surface area contributed by atoms with Crippen LogP contribution in [0.25, 0.3) is 22.3 Å². The van der Waals surface area contributed by atoms with Crippen LogP contribution in [0.5, 0.6) is 11.5 Å². The van der Waals surface area contributed by atoms with Crippen LogP contribution < -0.4 is 14.8 Å². The smallest absolute Gasteiger partial charge is 0.252 e. The summed E-state index contributed by atoms with van der Waals surface area (Å²) in [6, 6.07) is 7.11. The van der Waals surface area contributed by atoms with Gasteiger partial charge in [-0.15, -0.1) is 0 Å². The number of rotatable bonds is 6. The first-order valence-corrected chi connectivity index (χ1v) is 12.8. The Morgan fingerprint density at radius 2 is 1.88 bits per heavy atom. The monoisotopic (exact) mass is 470 g/mol. The van der Waals surface area contributed by atoms with Crippen LogP contribution in [0.1, 0.15) is 41.4 Å². The Bertz CT molecular complexity index is 1360. The number of pyridine rings is 1. The quantitative estimate of drug-likeness (QED) is 0.589. The minimum absolute atomic E-state index is 0.0229. The predicted octanol–water partition coefficient (Wildman–Crippen LogP) is 2.68. The average molecular weight is 471 g/mol. The number of benzene rings is 1. The fraction of sp³-hybridized carbons (Fsp3) is 0.435. The first-order valence-electron chi connectivity index (χ1n) is 10.9. The minimum atomic E-state index is -3.11. The summed E-state index contributed by atoms with van der Waals surface area (Å²) in [7, 11) is 0.0154. The molecular weight excluding hydrogens is 444 g/mol. The van der Waals surface area contributed by atoms with Crippen LogP contribution in [-0.2, 0) is 9.84 Å². The van der Waals surface area contributed by atoms with Crippen molar-refractivity contribution >= 4 is 26.8 Å². The number of sulfone groups is 1. The molecule has 174 valence electrons. The molecule has 3 aromatic rings. The van der Waals surface area contributed by atoms with E-state index >= 15 is 0 Å². The van der Waals surface area contributed by atoms with Gasteiger partial charge in [0.25, 0.3) is 5.91 Å². The zero-order valence-corrected chi connectivity index (χ0v) is 19.6. The Morgan fingerprint density at radius 3 is 2.52 bits per heavy atom. The molecule has 1 N–H and O–H groups in total. The third kappa shape index (κ3) is 4.03. The molecule has 1 saturated heterocycles. The Kier molecular flexibility index (Phi) is 5.27. The molecule has 10 heteroatoms. The zero-order chi connectivity index (χ0) is 23.3. The second kappa shape index (κ2) is 8.02. The molecule has 2 aromatic heterocycles. The Morgan fingerprint density at radius 1 is 1.12 bits per heavy atom. The van der Waals surface area contributed by atoms with E-state index in [9.17, 15) is 13.2 Å². The van der Waals surface area contributed by atoms with Gasteiger partial charge in [-0.3, -0.25) is 4.79 Å². The number of ether oxygens (including phenoxy) is 2. The maximum atomic E-state index is 13.2. The predicted molar refractivity (Wildman–Crippen MR) is 124 cm³/mol. The summed E-state index contributed by atoms with van der Waals surface area (Å²) in [5.41, 5.74) is 2.98. The van der Waals surface area contributed by atoms with E-state index < -0.39 is 9.84 Å². The van der Waals surface area contributed by atoms with E-state index in [0.29, 0.717) is 45.9 Å². The largest absolute Gasteiger partial charge is 0.493 e. The van der Waals surface area contributed by atoms with Crippen LogP contribution in [0.2, 0.25) is 0 Å². The Labute approximate surface area is 192 Å². The number of hydrogen-bond acceptors (Lipinski definition) is 7. The van der Waals surface area contributed by atoms with E-state index in [1.807, 2.05) is 19.1 Å². The highest BCUT2D eigenvalue weighted by atomic mass is 32.2. The molecule has 3 heterocycles. The van der Waals surface area contributed by atoms with E-state index in [-0.39, 0.29) is 29.5 Å². The first-order chi connectivity index (χ1) is 15.8. The summed E-state index contributed by atoms with van der Waals surface area (Å²) in [5, 5.41) is 8.35. The highest BCUT2D eigenvalue weighted by Crippen LogP contribution is 2.35. The molecule has 2 aliphatic rings. The van der Waals surface area contributed by atoms with Crippen molar-refractivity contribution in [2.45, 2.75) is 38.3 Å². The van der Waals surface area contributed by atoms with Crippen molar-refractivity contribution in [3.63, 3.8) is 0 Å². The van der Waals surface area contributed by atoms with Gasteiger partial charge in [0.1, 0.15) is 0 Å². The Balaban J connectivity index is 1.70. The van der Waals surface area contributed by atoms with Crippen LogP contribution in [0.3, 0.4) is 0 Å². The van der Waals surface area contributed by atoms with Gasteiger partial charge in [-0.25, -0.2) is 18.1 Å². The molecule has 1 aromatic carbocycles. The molecule has 1 unspecified atom stereocenters. The summed E-state index contributed by atoms with van der Waals surface area (Å²) in [6.07, 6.45) is 2.42. The molecule has 5 rings (SSSR count). The third-order valence-corrected chi connectivity index (χ3v) is 7.98. The summed E-state index contributed by atoms with van der Waals surface area (Å²) in [6.45, 7) is 1.83. The highest BCUT2D eigenvalue weighted by Gasteiger charge is 2.33. The summed E-state index contributed by atoms with van der Waals surface area (Å²) < 4.78 is 36.7. The molecule has 0 bridgehead atoms. The summed E-state index contributed by atoms with van der Waals surface area (Å²) >= 11 is 0. The number of amides is 1. The van der Waals surface area contributed by atoms with Crippen molar-refractivity contribution < 1.29 is 22.7 Å². The fourth-order valence-electron chi connectivity index (χ4n) is 4.35. The number of nitrogens with one attached hydrogen (secondary N) is 1. The molecule has 9 nitrogen and oxygen atoms in total. The second-order valence-corrected chi connectivity index (χ2v) is 10.9. The van der Waals surface area contributed by atoms with Crippen molar-refractivity contribution in [1.82, 2.24) is 20.1 Å². The average Bonchev–Trinajstić information content (AvgIpc) is 3.45. The lowest BCUT2D eigenvalue weighted by Crippen LogP contribution is -2.25.